The van der Waals surface area contributed by atoms with Crippen LogP contribution in [0.25, 0.3) is 0 Å². The van der Waals surface area contributed by atoms with Gasteiger partial charge in [0.1, 0.15) is 0 Å². The lowest BCUT2D eigenvalue weighted by Crippen LogP contribution is -2.29. The van der Waals surface area contributed by atoms with E-state index >= 15 is 0 Å². The third-order valence-corrected chi connectivity index (χ3v) is 21.0. The van der Waals surface area contributed by atoms with E-state index in [0.717, 1.165) is 0 Å². The molecule has 0 heterocycles. The van der Waals surface area contributed by atoms with Crippen LogP contribution in [-0.4, -0.2) is 135 Å². The highest BCUT2D eigenvalue weighted by Gasteiger charge is 2.44. The van der Waals surface area contributed by atoms with Gasteiger partial charge in [0, 0.05) is 0 Å². The highest BCUT2D eigenvalue weighted by atomic mass is 32.4. The first-order valence-corrected chi connectivity index (χ1v) is 30.1. The predicted molar refractivity (Wildman–Crippen MR) is 154 cm³/mol. The van der Waals surface area contributed by atoms with Crippen molar-refractivity contribution in [2.75, 3.05) is 0 Å². The zero-order valence-corrected chi connectivity index (χ0v) is 37.2. The lowest BCUT2D eigenvalue weighted by atomic mass is 15.7. The second-order valence-electron chi connectivity index (χ2n) is 7.12. The fraction of sp³-hybridized carbons (Fsp3) is 0. The summed E-state index contributed by atoms with van der Waals surface area (Å²) in [6.45, 7) is 0. The summed E-state index contributed by atoms with van der Waals surface area (Å²) in [6, 6.07) is 0. The quantitative estimate of drug-likeness (QED) is 0.0687. The zero-order valence-electron chi connectivity index (χ0n) is 25.0. The summed E-state index contributed by atoms with van der Waals surface area (Å²) in [5.74, 6) is 0. The van der Waals surface area contributed by atoms with Crippen LogP contribution < -0.4 is 0 Å². The highest BCUT2D eigenvalue weighted by Crippen LogP contribution is 2.21. The zero-order chi connectivity index (χ0) is 49.4. The molecule has 0 amide bonds. The molecular formula is H2O46S15. The Morgan fingerprint density at radius 1 is 0.148 bits per heavy atom. The summed E-state index contributed by atoms with van der Waals surface area (Å²) in [6.07, 6.45) is 0. The first kappa shape index (κ1) is 59.6. The van der Waals surface area contributed by atoms with Gasteiger partial charge in [0.25, 0.3) is 0 Å². The van der Waals surface area contributed by atoms with Gasteiger partial charge in [-0.15, -0.1) is 0 Å². The van der Waals surface area contributed by atoms with Gasteiger partial charge in [-0.25, -0.2) is 0 Å². The van der Waals surface area contributed by atoms with Crippen LogP contribution in [0.15, 0.2) is 0 Å². The molecule has 0 bridgehead atoms. The Balaban J connectivity index is 5.89. The molecule has 368 valence electrons. The maximum atomic E-state index is 11.5. The van der Waals surface area contributed by atoms with Crippen LogP contribution in [0.5, 0.6) is 0 Å². The summed E-state index contributed by atoms with van der Waals surface area (Å²) < 4.78 is 389. The van der Waals surface area contributed by atoms with Crippen LogP contribution in [-0.2, 0) is 207 Å². The summed E-state index contributed by atoms with van der Waals surface area (Å²) in [7, 11) is -105. The maximum Gasteiger partial charge on any atom is 0.432 e. The van der Waals surface area contributed by atoms with E-state index in [0.29, 0.717) is 0 Å². The van der Waals surface area contributed by atoms with E-state index in [2.05, 4.69) is 50.8 Å². The molecule has 0 saturated carbocycles. The van der Waals surface area contributed by atoms with Crippen LogP contribution >= 0.6 is 0 Å². The van der Waals surface area contributed by atoms with Gasteiger partial charge in [-0.3, -0.25) is 9.11 Å². The normalized spacial score (nSPS) is 15.6. The molecule has 0 atom stereocenters. The summed E-state index contributed by atoms with van der Waals surface area (Å²) >= 11 is 0. The van der Waals surface area contributed by atoms with E-state index in [4.69, 9.17) is 9.11 Å². The van der Waals surface area contributed by atoms with E-state index < -0.39 is 156 Å². The molecule has 61 heavy (non-hydrogen) atoms. The summed E-state index contributed by atoms with van der Waals surface area (Å²) in [4.78, 5) is 0. The van der Waals surface area contributed by atoms with Gasteiger partial charge in [-0.2, -0.15) is 126 Å². The van der Waals surface area contributed by atoms with Crippen LogP contribution in [0, 0.1) is 0 Å². The van der Waals surface area contributed by atoms with Gasteiger partial charge in [0.05, 0.1) is 0 Å². The highest BCUT2D eigenvalue weighted by molar-refractivity contribution is 8.09. The van der Waals surface area contributed by atoms with Crippen molar-refractivity contribution >= 4 is 156 Å². The molecule has 61 heteroatoms. The molecule has 0 aromatic carbocycles. The Morgan fingerprint density at radius 2 is 0.213 bits per heavy atom. The summed E-state index contributed by atoms with van der Waals surface area (Å²) in [5, 5.41) is 0. The monoisotopic (exact) mass is 1220 g/mol. The molecule has 0 aromatic heterocycles. The van der Waals surface area contributed by atoms with Gasteiger partial charge in [-0.05, 0) is 0 Å². The Bertz CT molecular complexity index is 3200. The van der Waals surface area contributed by atoms with Crippen LogP contribution in [0.4, 0.5) is 0 Å². The average molecular weight is 1220 g/mol. The van der Waals surface area contributed by atoms with E-state index in [-0.39, 0.29) is 0 Å². The first-order chi connectivity index (χ1) is 25.9. The van der Waals surface area contributed by atoms with Crippen molar-refractivity contribution in [2.45, 2.75) is 0 Å². The second-order valence-corrected chi connectivity index (χ2v) is 27.1. The third-order valence-electron chi connectivity index (χ3n) is 2.34. The lowest BCUT2D eigenvalue weighted by Gasteiger charge is -2.08. The molecule has 0 aromatic rings. The second kappa shape index (κ2) is 18.5. The Labute approximate surface area is 339 Å². The van der Waals surface area contributed by atoms with Crippen molar-refractivity contribution in [3.63, 3.8) is 0 Å². The standard InChI is InChI=1S/H2O46S15/c1-47(2,3)33-49(7,8)35-51(11,12)37-53(15,16)39-55(19,20)41-57(23,24)43-59(27,28)45-61(31,32)46-60(29,30)44-58(25,26)42-56(21,22)40-54(17,18)38-52(13,14)36-50(9,10)34-48(4,5)6/h(H,1,2,3)(H,4,5,6). The van der Waals surface area contributed by atoms with Gasteiger partial charge >= 0.3 is 156 Å². The number of rotatable bonds is 28. The summed E-state index contributed by atoms with van der Waals surface area (Å²) in [5.41, 5.74) is 0. The Hall–Kier alpha value is -1.39. The third kappa shape index (κ3) is 27.5. The van der Waals surface area contributed by atoms with Gasteiger partial charge < -0.3 is 0 Å². The van der Waals surface area contributed by atoms with Crippen molar-refractivity contribution in [1.82, 2.24) is 0 Å². The SMILES string of the molecule is O=S(=O)(O)OS(=O)(=O)OS(=O)(=O)OS(=O)(=O)OS(=O)(=O)OS(=O)(=O)OS(=O)(=O)OS(=O)(=O)OS(=O)(=O)OS(=O)(=O)OS(=O)(=O)OS(=O)(=O)OS(=O)(=O)OS(=O)(=O)OS(=O)(=O)O. The minimum Gasteiger partial charge on any atom is -0.263 e. The molecule has 0 rings (SSSR count). The van der Waals surface area contributed by atoms with Crippen LogP contribution in [0.2, 0.25) is 0 Å². The first-order valence-electron chi connectivity index (χ1n) is 10.0. The molecule has 0 aliphatic heterocycles. The minimum absolute atomic E-state index is 2.58. The lowest BCUT2D eigenvalue weighted by molar-refractivity contribution is 0.303. The Kier molecular flexibility index (Phi) is 18.1. The van der Waals surface area contributed by atoms with Crippen molar-refractivity contribution in [3.8, 4) is 0 Å². The van der Waals surface area contributed by atoms with Crippen molar-refractivity contribution < 1.29 is 186 Å². The molecule has 0 spiro atoms. The topological polar surface area (TPSA) is 682 Å². The van der Waals surface area contributed by atoms with Crippen LogP contribution in [0.3, 0.4) is 0 Å². The maximum absolute atomic E-state index is 11.5. The molecular weight excluding hydrogens is 1220 g/mol. The number of hydrogen-bond acceptors (Lipinski definition) is 44. The average Bonchev–Trinajstić information content (AvgIpc) is 2.68. The minimum atomic E-state index is -7.33. The van der Waals surface area contributed by atoms with E-state index in [1.54, 1.807) is 0 Å². The molecule has 2 N–H and O–H groups in total. The predicted octanol–water partition coefficient (Wildman–Crippen LogP) is -11.0. The molecule has 46 nitrogen and oxygen atoms in total. The van der Waals surface area contributed by atoms with Crippen molar-refractivity contribution in [1.29, 1.82) is 0 Å². The van der Waals surface area contributed by atoms with Gasteiger partial charge in [0.2, 0.25) is 0 Å². The van der Waals surface area contributed by atoms with E-state index in [1.165, 1.54) is 0 Å². The fourth-order valence-electron chi connectivity index (χ4n) is 1.58. The number of hydrogen-bond donors (Lipinski definition) is 2. The smallest absolute Gasteiger partial charge is 0.263 e. The molecule has 0 saturated heterocycles. The van der Waals surface area contributed by atoms with E-state index in [9.17, 15) is 126 Å². The largest absolute Gasteiger partial charge is 0.432 e. The fourth-order valence-corrected chi connectivity index (χ4v) is 16.9. The van der Waals surface area contributed by atoms with Gasteiger partial charge in [-0.1, -0.05) is 50.8 Å². The molecule has 0 aliphatic carbocycles. The van der Waals surface area contributed by atoms with E-state index in [1.807, 2.05) is 0 Å². The van der Waals surface area contributed by atoms with Crippen molar-refractivity contribution in [3.05, 3.63) is 0 Å². The molecule has 0 unspecified atom stereocenters. The van der Waals surface area contributed by atoms with Crippen molar-refractivity contribution in [2.24, 2.45) is 0 Å². The van der Waals surface area contributed by atoms with Gasteiger partial charge in [0.15, 0.2) is 0 Å². The Morgan fingerprint density at radius 3 is 0.279 bits per heavy atom. The molecule has 0 aliphatic rings. The molecule has 0 radical (unpaired) electrons. The molecule has 0 fully saturated rings. The van der Waals surface area contributed by atoms with Crippen LogP contribution in [0.1, 0.15) is 0 Å².